The van der Waals surface area contributed by atoms with E-state index in [0.29, 0.717) is 17.4 Å². The van der Waals surface area contributed by atoms with Crippen LogP contribution in [0.15, 0.2) is 58.8 Å². The van der Waals surface area contributed by atoms with E-state index in [2.05, 4.69) is 44.1 Å². The van der Waals surface area contributed by atoms with Gasteiger partial charge in [0, 0.05) is 45.8 Å². The van der Waals surface area contributed by atoms with Crippen LogP contribution in [0.4, 0.5) is 0 Å². The summed E-state index contributed by atoms with van der Waals surface area (Å²) in [6.07, 6.45) is 3.90. The maximum atomic E-state index is 12.3. The number of hydrogen-bond donors (Lipinski definition) is 1. The van der Waals surface area contributed by atoms with Crippen molar-refractivity contribution in [2.75, 3.05) is 7.05 Å². The predicted octanol–water partition coefficient (Wildman–Crippen LogP) is 4.79. The number of thiocarbonyl (C=S) groups is 1. The summed E-state index contributed by atoms with van der Waals surface area (Å²) in [5, 5.41) is 5.17. The lowest BCUT2D eigenvalue weighted by molar-refractivity contribution is -0.121. The minimum Gasteiger partial charge on any atom is -0.342 e. The minimum atomic E-state index is -0.131. The summed E-state index contributed by atoms with van der Waals surface area (Å²) in [5.41, 5.74) is 3.66. The highest BCUT2D eigenvalue weighted by atomic mass is 79.9. The molecule has 7 heteroatoms. The molecule has 0 saturated carbocycles. The van der Waals surface area contributed by atoms with Gasteiger partial charge in [-0.05, 0) is 54.2 Å². The third kappa shape index (κ3) is 3.52. The summed E-state index contributed by atoms with van der Waals surface area (Å²) in [6.45, 7) is 0.707. The molecule has 1 N–H and O–H groups in total. The first-order valence-electron chi connectivity index (χ1n) is 8.26. The lowest BCUT2D eigenvalue weighted by atomic mass is 10.1. The van der Waals surface area contributed by atoms with Crippen molar-refractivity contribution in [2.45, 2.75) is 6.54 Å². The summed E-state index contributed by atoms with van der Waals surface area (Å²) in [6, 6.07) is 13.9. The Hall–Kier alpha value is -2.15. The number of hydrogen-bond acceptors (Lipinski definition) is 2. The number of fused-ring (bicyclic) bond motifs is 1. The zero-order valence-electron chi connectivity index (χ0n) is 14.4. The molecule has 3 aromatic rings. The summed E-state index contributed by atoms with van der Waals surface area (Å²) < 4.78 is 3.15. The molecule has 1 aliphatic heterocycles. The average Bonchev–Trinajstić information content (AvgIpc) is 3.09. The lowest BCUT2D eigenvalue weighted by Crippen LogP contribution is -2.25. The van der Waals surface area contributed by atoms with Gasteiger partial charge >= 0.3 is 0 Å². The van der Waals surface area contributed by atoms with E-state index in [4.69, 9.17) is 23.8 Å². The molecule has 2 aromatic carbocycles. The Balaban J connectivity index is 1.79. The summed E-state index contributed by atoms with van der Waals surface area (Å²) in [7, 11) is 1.67. The molecule has 0 aliphatic carbocycles. The molecule has 1 fully saturated rings. The van der Waals surface area contributed by atoms with Crippen LogP contribution in [0.3, 0.4) is 0 Å². The van der Waals surface area contributed by atoms with E-state index in [1.807, 2.05) is 36.4 Å². The van der Waals surface area contributed by atoms with E-state index in [-0.39, 0.29) is 5.91 Å². The monoisotopic (exact) mass is 459 g/mol. The highest BCUT2D eigenvalue weighted by Crippen LogP contribution is 2.28. The van der Waals surface area contributed by atoms with Crippen LogP contribution in [0.25, 0.3) is 17.0 Å². The number of halogens is 2. The number of amides is 1. The SMILES string of the molecule is CN1C(=O)/C(=C/c2cn(Cc3ccc(Cl)cc3)c3ccc(Br)cc23)NC1=S. The predicted molar refractivity (Wildman–Crippen MR) is 117 cm³/mol. The molecular weight excluding hydrogens is 446 g/mol. The molecule has 0 radical (unpaired) electrons. The molecule has 27 heavy (non-hydrogen) atoms. The Bertz CT molecular complexity index is 1100. The third-order valence-corrected chi connectivity index (χ3v) is 5.64. The maximum Gasteiger partial charge on any atom is 0.276 e. The molecule has 1 aromatic heterocycles. The second kappa shape index (κ2) is 7.11. The fraction of sp³-hybridized carbons (Fsp3) is 0.100. The van der Waals surface area contributed by atoms with Crippen molar-refractivity contribution in [3.63, 3.8) is 0 Å². The molecule has 1 saturated heterocycles. The number of rotatable bonds is 3. The van der Waals surface area contributed by atoms with Crippen molar-refractivity contribution < 1.29 is 4.79 Å². The second-order valence-corrected chi connectivity index (χ2v) is 8.09. The van der Waals surface area contributed by atoms with Gasteiger partial charge in [0.25, 0.3) is 5.91 Å². The zero-order chi connectivity index (χ0) is 19.1. The molecule has 2 heterocycles. The van der Waals surface area contributed by atoms with Gasteiger partial charge in [0.15, 0.2) is 5.11 Å². The molecule has 4 rings (SSSR count). The van der Waals surface area contributed by atoms with Gasteiger partial charge in [0.1, 0.15) is 5.70 Å². The highest BCUT2D eigenvalue weighted by molar-refractivity contribution is 9.10. The van der Waals surface area contributed by atoms with Crippen LogP contribution in [-0.4, -0.2) is 27.5 Å². The molecule has 1 amide bonds. The van der Waals surface area contributed by atoms with Crippen molar-refractivity contribution in [2.24, 2.45) is 0 Å². The first-order chi connectivity index (χ1) is 12.9. The van der Waals surface area contributed by atoms with Gasteiger partial charge in [-0.1, -0.05) is 39.7 Å². The zero-order valence-corrected chi connectivity index (χ0v) is 17.5. The number of aromatic nitrogens is 1. The Kier molecular flexibility index (Phi) is 4.80. The smallest absolute Gasteiger partial charge is 0.276 e. The molecule has 0 unspecified atom stereocenters. The van der Waals surface area contributed by atoms with E-state index >= 15 is 0 Å². The quantitative estimate of drug-likeness (QED) is 0.451. The molecule has 1 aliphatic rings. The van der Waals surface area contributed by atoms with E-state index < -0.39 is 0 Å². The summed E-state index contributed by atoms with van der Waals surface area (Å²) >= 11 is 14.7. The fourth-order valence-electron chi connectivity index (χ4n) is 3.11. The largest absolute Gasteiger partial charge is 0.342 e. The molecular formula is C20H15BrClN3OS. The van der Waals surface area contributed by atoms with Crippen molar-refractivity contribution in [1.29, 1.82) is 0 Å². The normalized spacial score (nSPS) is 15.8. The van der Waals surface area contributed by atoms with Gasteiger partial charge in [0.2, 0.25) is 0 Å². The molecule has 0 spiro atoms. The van der Waals surface area contributed by atoms with E-state index in [1.54, 1.807) is 7.05 Å². The second-order valence-electron chi connectivity index (χ2n) is 6.35. The summed E-state index contributed by atoms with van der Waals surface area (Å²) in [5.74, 6) is -0.131. The molecule has 136 valence electrons. The van der Waals surface area contributed by atoms with Gasteiger partial charge in [-0.2, -0.15) is 0 Å². The highest BCUT2D eigenvalue weighted by Gasteiger charge is 2.27. The molecule has 4 nitrogen and oxygen atoms in total. The van der Waals surface area contributed by atoms with Crippen molar-refractivity contribution in [1.82, 2.24) is 14.8 Å². The Morgan fingerprint density at radius 1 is 1.22 bits per heavy atom. The van der Waals surface area contributed by atoms with Crippen molar-refractivity contribution in [3.05, 3.63) is 75.0 Å². The van der Waals surface area contributed by atoms with Gasteiger partial charge in [-0.25, -0.2) is 0 Å². The number of nitrogens with zero attached hydrogens (tertiary/aromatic N) is 2. The third-order valence-electron chi connectivity index (χ3n) is 4.52. The first-order valence-corrected chi connectivity index (χ1v) is 9.84. The van der Waals surface area contributed by atoms with Crippen molar-refractivity contribution in [3.8, 4) is 0 Å². The van der Waals surface area contributed by atoms with Crippen LogP contribution < -0.4 is 5.32 Å². The van der Waals surface area contributed by atoms with E-state index in [9.17, 15) is 4.79 Å². The van der Waals surface area contributed by atoms with Crippen LogP contribution >= 0.6 is 39.7 Å². The van der Waals surface area contributed by atoms with Crippen LogP contribution in [0.1, 0.15) is 11.1 Å². The van der Waals surface area contributed by atoms with Crippen LogP contribution in [-0.2, 0) is 11.3 Å². The van der Waals surface area contributed by atoms with Gasteiger partial charge < -0.3 is 9.88 Å². The number of benzene rings is 2. The molecule has 0 atom stereocenters. The molecule has 0 bridgehead atoms. The van der Waals surface area contributed by atoms with Crippen molar-refractivity contribution >= 4 is 67.7 Å². The minimum absolute atomic E-state index is 0.131. The topological polar surface area (TPSA) is 37.3 Å². The number of carbonyl (C=O) groups excluding carboxylic acids is 1. The Morgan fingerprint density at radius 3 is 2.63 bits per heavy atom. The van der Waals surface area contributed by atoms with Crippen LogP contribution in [0.2, 0.25) is 5.02 Å². The number of carbonyl (C=O) groups is 1. The van der Waals surface area contributed by atoms with E-state index in [1.165, 1.54) is 4.90 Å². The summed E-state index contributed by atoms with van der Waals surface area (Å²) in [4.78, 5) is 13.8. The van der Waals surface area contributed by atoms with Gasteiger partial charge in [-0.15, -0.1) is 0 Å². The van der Waals surface area contributed by atoms with Gasteiger partial charge in [0.05, 0.1) is 0 Å². The van der Waals surface area contributed by atoms with Gasteiger partial charge in [-0.3, -0.25) is 9.69 Å². The number of nitrogens with one attached hydrogen (secondary N) is 1. The van der Waals surface area contributed by atoms with E-state index in [0.717, 1.165) is 31.5 Å². The fourth-order valence-corrected chi connectivity index (χ4v) is 3.79. The standard InChI is InChI=1S/C20H15BrClN3OS/c1-24-19(26)17(23-20(24)27)8-13-11-25(10-12-2-5-15(22)6-3-12)18-7-4-14(21)9-16(13)18/h2-9,11H,10H2,1H3,(H,23,27)/b17-8-. The lowest BCUT2D eigenvalue weighted by Gasteiger charge is -2.06. The van der Waals surface area contributed by atoms with Crippen LogP contribution in [0, 0.1) is 0 Å². The van der Waals surface area contributed by atoms with Crippen LogP contribution in [0.5, 0.6) is 0 Å². The number of likely N-dealkylation sites (N-methyl/N-ethyl adjacent to an activating group) is 1. The Labute approximate surface area is 175 Å². The first kappa shape index (κ1) is 18.2. The average molecular weight is 461 g/mol. The Morgan fingerprint density at radius 2 is 1.96 bits per heavy atom. The maximum absolute atomic E-state index is 12.3.